The molecule has 2 heterocycles. The van der Waals surface area contributed by atoms with Crippen molar-refractivity contribution in [3.63, 3.8) is 0 Å². The molecule has 1 saturated heterocycles. The van der Waals surface area contributed by atoms with Crippen LogP contribution in [0.2, 0.25) is 5.02 Å². The third-order valence-electron chi connectivity index (χ3n) is 5.38. The van der Waals surface area contributed by atoms with Gasteiger partial charge in [0.2, 0.25) is 0 Å². The van der Waals surface area contributed by atoms with Crippen LogP contribution in [0.15, 0.2) is 53.5 Å². The lowest BCUT2D eigenvalue weighted by atomic mass is 10.1. The molecule has 2 aromatic carbocycles. The zero-order valence-electron chi connectivity index (χ0n) is 18.2. The second-order valence-corrected chi connectivity index (χ2v) is 8.94. The lowest BCUT2D eigenvalue weighted by Gasteiger charge is -2.41. The summed E-state index contributed by atoms with van der Waals surface area (Å²) in [5, 5.41) is 0.978. The Morgan fingerprint density at radius 1 is 1.09 bits per heavy atom. The Morgan fingerprint density at radius 3 is 2.43 bits per heavy atom. The number of hydrogen-bond donors (Lipinski definition) is 0. The van der Waals surface area contributed by atoms with E-state index in [1.807, 2.05) is 0 Å². The van der Waals surface area contributed by atoms with Gasteiger partial charge in [0.25, 0.3) is 11.9 Å². The van der Waals surface area contributed by atoms with Crippen molar-refractivity contribution >= 4 is 45.5 Å². The third kappa shape index (κ3) is 5.48. The number of urea groups is 1. The SMILES string of the molecule is CN1C(=O)C2C(N=C(Oc3cccc(OC(F)(F)F)c3)N2Cc2ccc(Cl)cc2)N(CCBr)C1=O. The van der Waals surface area contributed by atoms with Crippen molar-refractivity contribution < 1.29 is 32.2 Å². The number of rotatable bonds is 6. The number of carbonyl (C=O) groups is 2. The van der Waals surface area contributed by atoms with Gasteiger partial charge in [-0.05, 0) is 29.8 Å². The summed E-state index contributed by atoms with van der Waals surface area (Å²) in [7, 11) is 1.39. The molecule has 8 nitrogen and oxygen atoms in total. The van der Waals surface area contributed by atoms with Crippen molar-refractivity contribution in [1.82, 2.24) is 14.7 Å². The minimum absolute atomic E-state index is 0.0180. The van der Waals surface area contributed by atoms with Crippen LogP contribution in [0.3, 0.4) is 0 Å². The number of benzene rings is 2. The molecule has 2 aliphatic heterocycles. The number of amidine groups is 1. The first kappa shape index (κ1) is 25.1. The van der Waals surface area contributed by atoms with Crippen LogP contribution < -0.4 is 9.47 Å². The van der Waals surface area contributed by atoms with Gasteiger partial charge in [-0.15, -0.1) is 13.2 Å². The molecule has 2 aliphatic rings. The molecule has 186 valence electrons. The molecule has 0 N–H and O–H groups in total. The number of fused-ring (bicyclic) bond motifs is 1. The number of ether oxygens (including phenoxy) is 2. The Labute approximate surface area is 212 Å². The van der Waals surface area contributed by atoms with Crippen LogP contribution in [-0.2, 0) is 11.3 Å². The molecule has 35 heavy (non-hydrogen) atoms. The van der Waals surface area contributed by atoms with E-state index in [0.717, 1.165) is 22.6 Å². The molecule has 0 spiro atoms. The molecular weight excluding hydrogens is 557 g/mol. The summed E-state index contributed by atoms with van der Waals surface area (Å²) in [6.07, 6.45) is -5.74. The Kier molecular flexibility index (Phi) is 7.13. The molecule has 0 aliphatic carbocycles. The van der Waals surface area contributed by atoms with Crippen molar-refractivity contribution in [3.8, 4) is 11.5 Å². The summed E-state index contributed by atoms with van der Waals surface area (Å²) in [6.45, 7) is 0.448. The number of nitrogens with zero attached hydrogens (tertiary/aromatic N) is 4. The van der Waals surface area contributed by atoms with Crippen LogP contribution in [0, 0.1) is 0 Å². The fourth-order valence-corrected chi connectivity index (χ4v) is 4.34. The average molecular weight is 576 g/mol. The minimum Gasteiger partial charge on any atom is -0.426 e. The number of amides is 3. The Hall–Kier alpha value is -2.99. The van der Waals surface area contributed by atoms with Gasteiger partial charge in [-0.3, -0.25) is 14.6 Å². The van der Waals surface area contributed by atoms with E-state index in [4.69, 9.17) is 16.3 Å². The lowest BCUT2D eigenvalue weighted by molar-refractivity contribution is -0.274. The normalized spacial score (nSPS) is 20.2. The maximum absolute atomic E-state index is 13.2. The van der Waals surface area contributed by atoms with Gasteiger partial charge < -0.3 is 14.4 Å². The molecular formula is C22H19BrClF3N4O4. The fraction of sp³-hybridized carbons (Fsp3) is 0.318. The number of carbonyl (C=O) groups excluding carboxylic acids is 2. The van der Waals surface area contributed by atoms with E-state index >= 15 is 0 Å². The molecule has 0 saturated carbocycles. The van der Waals surface area contributed by atoms with Crippen LogP contribution >= 0.6 is 27.5 Å². The number of aliphatic imine (C=N–C) groups is 1. The van der Waals surface area contributed by atoms with Gasteiger partial charge in [-0.2, -0.15) is 0 Å². The first-order valence-corrected chi connectivity index (χ1v) is 11.8. The maximum Gasteiger partial charge on any atom is 0.573 e. The number of likely N-dealkylation sites (N-methyl/N-ethyl adjacent to an activating group) is 1. The second-order valence-electron chi connectivity index (χ2n) is 7.71. The fourth-order valence-electron chi connectivity index (χ4n) is 3.83. The number of alkyl halides is 4. The average Bonchev–Trinajstić information content (AvgIpc) is 3.13. The Bertz CT molecular complexity index is 1150. The summed E-state index contributed by atoms with van der Waals surface area (Å²) >= 11 is 9.30. The zero-order valence-corrected chi connectivity index (χ0v) is 20.5. The van der Waals surface area contributed by atoms with Crippen molar-refractivity contribution in [2.75, 3.05) is 18.9 Å². The van der Waals surface area contributed by atoms with E-state index in [1.165, 1.54) is 24.1 Å². The van der Waals surface area contributed by atoms with Crippen LogP contribution in [0.1, 0.15) is 5.56 Å². The number of halogens is 5. The van der Waals surface area contributed by atoms with Crippen molar-refractivity contribution in [2.45, 2.75) is 25.1 Å². The quantitative estimate of drug-likeness (QED) is 0.475. The summed E-state index contributed by atoms with van der Waals surface area (Å²) in [5.74, 6) is -0.928. The maximum atomic E-state index is 13.2. The highest BCUT2D eigenvalue weighted by Crippen LogP contribution is 2.32. The van der Waals surface area contributed by atoms with Crippen molar-refractivity contribution in [1.29, 1.82) is 0 Å². The smallest absolute Gasteiger partial charge is 0.426 e. The van der Waals surface area contributed by atoms with Crippen LogP contribution in [0.4, 0.5) is 18.0 Å². The monoisotopic (exact) mass is 574 g/mol. The standard InChI is InChI=1S/C22H19BrClF3N4O4/c1-29-19(32)17-18(30(10-9-23)21(29)33)28-20(31(17)12-13-5-7-14(24)8-6-13)34-15-3-2-4-16(11-15)35-22(25,26)27/h2-8,11,17-18H,9-10,12H2,1H3. The van der Waals surface area contributed by atoms with Gasteiger partial charge in [-0.25, -0.2) is 9.79 Å². The van der Waals surface area contributed by atoms with E-state index in [9.17, 15) is 22.8 Å². The highest BCUT2D eigenvalue weighted by atomic mass is 79.9. The summed E-state index contributed by atoms with van der Waals surface area (Å²) in [4.78, 5) is 34.5. The van der Waals surface area contributed by atoms with Gasteiger partial charge in [0.15, 0.2) is 12.2 Å². The first-order valence-electron chi connectivity index (χ1n) is 10.3. The molecule has 3 amide bonds. The molecule has 0 aromatic heterocycles. The summed E-state index contributed by atoms with van der Waals surface area (Å²) in [5.41, 5.74) is 0.778. The predicted molar refractivity (Wildman–Crippen MR) is 124 cm³/mol. The molecule has 4 rings (SSSR count). The topological polar surface area (TPSA) is 74.7 Å². The minimum atomic E-state index is -4.87. The van der Waals surface area contributed by atoms with Crippen molar-refractivity contribution in [3.05, 3.63) is 59.1 Å². The first-order chi connectivity index (χ1) is 16.6. The third-order valence-corrected chi connectivity index (χ3v) is 5.99. The van der Waals surface area contributed by atoms with Crippen LogP contribution in [0.5, 0.6) is 11.5 Å². The van der Waals surface area contributed by atoms with Gasteiger partial charge in [0.1, 0.15) is 11.5 Å². The number of hydrogen-bond acceptors (Lipinski definition) is 6. The summed E-state index contributed by atoms with van der Waals surface area (Å²) < 4.78 is 47.8. The van der Waals surface area contributed by atoms with Gasteiger partial charge >= 0.3 is 12.4 Å². The highest BCUT2D eigenvalue weighted by Gasteiger charge is 2.52. The largest absolute Gasteiger partial charge is 0.573 e. The van der Waals surface area contributed by atoms with Crippen LogP contribution in [0.25, 0.3) is 0 Å². The molecule has 0 radical (unpaired) electrons. The van der Waals surface area contributed by atoms with Gasteiger partial charge in [0.05, 0.1) is 0 Å². The molecule has 0 bridgehead atoms. The van der Waals surface area contributed by atoms with Crippen molar-refractivity contribution in [2.24, 2.45) is 4.99 Å². The second kappa shape index (κ2) is 9.94. The van der Waals surface area contributed by atoms with E-state index in [0.29, 0.717) is 10.4 Å². The molecule has 1 fully saturated rings. The van der Waals surface area contributed by atoms with Gasteiger partial charge in [-0.1, -0.05) is 45.7 Å². The lowest BCUT2D eigenvalue weighted by Crippen LogP contribution is -2.65. The number of imide groups is 1. The molecule has 13 heteroatoms. The van der Waals surface area contributed by atoms with Crippen LogP contribution in [-0.4, -0.2) is 70.2 Å². The zero-order chi connectivity index (χ0) is 25.3. The molecule has 2 unspecified atom stereocenters. The summed E-state index contributed by atoms with van der Waals surface area (Å²) in [6, 6.07) is 10.5. The van der Waals surface area contributed by atoms with Gasteiger partial charge in [0, 0.05) is 36.6 Å². The van der Waals surface area contributed by atoms with E-state index in [2.05, 4.69) is 25.7 Å². The van der Waals surface area contributed by atoms with E-state index < -0.39 is 36.3 Å². The van der Waals surface area contributed by atoms with E-state index in [-0.39, 0.29) is 24.9 Å². The molecule has 2 atom stereocenters. The molecule has 2 aromatic rings. The Balaban J connectivity index is 1.69. The predicted octanol–water partition coefficient (Wildman–Crippen LogP) is 4.47. The Morgan fingerprint density at radius 2 is 1.77 bits per heavy atom. The van der Waals surface area contributed by atoms with E-state index in [1.54, 1.807) is 29.2 Å². The highest BCUT2D eigenvalue weighted by molar-refractivity contribution is 9.09.